The molecule has 0 saturated carbocycles. The van der Waals surface area contributed by atoms with Crippen LogP contribution >= 0.6 is 23.4 Å². The molecule has 0 bridgehead atoms. The predicted octanol–water partition coefficient (Wildman–Crippen LogP) is 4.02. The minimum Gasteiger partial charge on any atom is -0.493 e. The molecule has 1 atom stereocenters. The number of hydrogen-bond acceptors (Lipinski definition) is 7. The van der Waals surface area contributed by atoms with E-state index in [0.29, 0.717) is 44.6 Å². The third-order valence-electron chi connectivity index (χ3n) is 5.14. The highest BCUT2D eigenvalue weighted by Crippen LogP contribution is 2.39. The monoisotopic (exact) mass is 471 g/mol. The topological polar surface area (TPSA) is 104 Å². The van der Waals surface area contributed by atoms with Crippen LogP contribution in [0.5, 0.6) is 11.5 Å². The van der Waals surface area contributed by atoms with E-state index in [-0.39, 0.29) is 0 Å². The maximum atomic E-state index is 12.4. The minimum absolute atomic E-state index is 0.400. The number of nitrogens with two attached hydrogens (primary N) is 1. The summed E-state index contributed by atoms with van der Waals surface area (Å²) >= 11 is 7.73. The van der Waals surface area contributed by atoms with Gasteiger partial charge in [0.25, 0.3) is 0 Å². The van der Waals surface area contributed by atoms with Crippen LogP contribution < -0.4 is 20.5 Å². The lowest BCUT2D eigenvalue weighted by Gasteiger charge is -2.28. The van der Waals surface area contributed by atoms with Crippen LogP contribution in [0.4, 0.5) is 5.95 Å². The highest BCUT2D eigenvalue weighted by atomic mass is 35.5. The molecule has 1 aliphatic heterocycles. The molecular weight excluding hydrogens is 450 g/mol. The first-order chi connectivity index (χ1) is 15.4. The zero-order chi connectivity index (χ0) is 22.8. The lowest BCUT2D eigenvalue weighted by atomic mass is 9.95. The zero-order valence-electron chi connectivity index (χ0n) is 17.8. The Labute approximate surface area is 194 Å². The maximum absolute atomic E-state index is 12.4. The van der Waals surface area contributed by atoms with Gasteiger partial charge in [-0.3, -0.25) is 4.79 Å². The Morgan fingerprint density at radius 3 is 2.66 bits per heavy atom. The Morgan fingerprint density at radius 1 is 1.22 bits per heavy atom. The van der Waals surface area contributed by atoms with Gasteiger partial charge in [-0.25, -0.2) is 4.68 Å². The van der Waals surface area contributed by atoms with Crippen LogP contribution in [0.25, 0.3) is 0 Å². The molecule has 0 unspecified atom stereocenters. The Bertz CT molecular complexity index is 1210. The SMILES string of the molecule is COc1ccc([C@H]2C(C(N)=O)=C(C)Nc3nc(SCc4ccccc4Cl)nn32)cc1OC. The summed E-state index contributed by atoms with van der Waals surface area (Å²) in [5, 5.41) is 9.06. The fourth-order valence-corrected chi connectivity index (χ4v) is 4.72. The van der Waals surface area contributed by atoms with Gasteiger partial charge < -0.3 is 20.5 Å². The van der Waals surface area contributed by atoms with E-state index >= 15 is 0 Å². The van der Waals surface area contributed by atoms with Gasteiger partial charge in [0.15, 0.2) is 11.5 Å². The largest absolute Gasteiger partial charge is 0.493 e. The smallest absolute Gasteiger partial charge is 0.248 e. The van der Waals surface area contributed by atoms with E-state index in [9.17, 15) is 4.79 Å². The number of aromatic nitrogens is 3. The molecule has 0 saturated heterocycles. The summed E-state index contributed by atoms with van der Waals surface area (Å²) in [6.45, 7) is 1.79. The van der Waals surface area contributed by atoms with Crippen molar-refractivity contribution in [1.82, 2.24) is 14.8 Å². The number of benzene rings is 2. The van der Waals surface area contributed by atoms with Crippen molar-refractivity contribution in [3.63, 3.8) is 0 Å². The average molecular weight is 472 g/mol. The molecule has 166 valence electrons. The number of rotatable bonds is 7. The number of anilines is 1. The highest BCUT2D eigenvalue weighted by Gasteiger charge is 2.33. The fourth-order valence-electron chi connectivity index (χ4n) is 3.60. The van der Waals surface area contributed by atoms with Gasteiger partial charge >= 0.3 is 0 Å². The second kappa shape index (κ2) is 9.13. The van der Waals surface area contributed by atoms with Gasteiger partial charge in [-0.1, -0.05) is 47.6 Å². The number of carbonyl (C=O) groups excluding carboxylic acids is 1. The fraction of sp³-hybridized carbons (Fsp3) is 0.227. The molecule has 10 heteroatoms. The number of methoxy groups -OCH3 is 2. The first-order valence-corrected chi connectivity index (χ1v) is 11.1. The Hall–Kier alpha value is -3.17. The number of allylic oxidation sites excluding steroid dienone is 1. The van der Waals surface area contributed by atoms with Crippen molar-refractivity contribution < 1.29 is 14.3 Å². The van der Waals surface area contributed by atoms with Crippen molar-refractivity contribution in [2.75, 3.05) is 19.5 Å². The molecule has 0 radical (unpaired) electrons. The molecule has 0 spiro atoms. The Kier molecular flexibility index (Phi) is 6.29. The Morgan fingerprint density at radius 2 is 1.97 bits per heavy atom. The molecule has 2 aromatic carbocycles. The van der Waals surface area contributed by atoms with E-state index < -0.39 is 11.9 Å². The third-order valence-corrected chi connectivity index (χ3v) is 6.39. The molecule has 3 aromatic rings. The quantitative estimate of drug-likeness (QED) is 0.501. The summed E-state index contributed by atoms with van der Waals surface area (Å²) in [4.78, 5) is 17.0. The molecule has 1 aromatic heterocycles. The lowest BCUT2D eigenvalue weighted by molar-refractivity contribution is -0.115. The van der Waals surface area contributed by atoms with Crippen LogP contribution in [0, 0.1) is 0 Å². The second-order valence-corrected chi connectivity index (χ2v) is 8.44. The van der Waals surface area contributed by atoms with E-state index in [1.165, 1.54) is 11.8 Å². The third kappa shape index (κ3) is 4.13. The van der Waals surface area contributed by atoms with Crippen LogP contribution in [-0.4, -0.2) is 34.9 Å². The van der Waals surface area contributed by atoms with Gasteiger partial charge in [0.2, 0.25) is 17.0 Å². The number of nitrogens with zero attached hydrogens (tertiary/aromatic N) is 3. The van der Waals surface area contributed by atoms with Crippen LogP contribution in [0.2, 0.25) is 5.02 Å². The number of amides is 1. The maximum Gasteiger partial charge on any atom is 0.248 e. The van der Waals surface area contributed by atoms with Gasteiger partial charge in [0.1, 0.15) is 6.04 Å². The first-order valence-electron chi connectivity index (χ1n) is 9.75. The van der Waals surface area contributed by atoms with Crippen molar-refractivity contribution in [3.05, 3.63) is 69.9 Å². The van der Waals surface area contributed by atoms with E-state index in [4.69, 9.17) is 26.8 Å². The predicted molar refractivity (Wildman–Crippen MR) is 124 cm³/mol. The van der Waals surface area contributed by atoms with Gasteiger partial charge in [-0.05, 0) is 36.2 Å². The number of halogens is 1. The van der Waals surface area contributed by atoms with Crippen molar-refractivity contribution in [2.45, 2.75) is 23.9 Å². The minimum atomic E-state index is -0.564. The van der Waals surface area contributed by atoms with E-state index in [2.05, 4.69) is 15.4 Å². The number of thioether (sulfide) groups is 1. The highest BCUT2D eigenvalue weighted by molar-refractivity contribution is 7.98. The summed E-state index contributed by atoms with van der Waals surface area (Å²) in [6, 6.07) is 12.5. The number of primary amides is 1. The van der Waals surface area contributed by atoms with Crippen molar-refractivity contribution in [1.29, 1.82) is 0 Å². The van der Waals surface area contributed by atoms with Crippen LogP contribution in [0.3, 0.4) is 0 Å². The number of nitrogens with one attached hydrogen (secondary N) is 1. The normalized spacial score (nSPS) is 15.2. The molecule has 1 aliphatic rings. The number of fused-ring (bicyclic) bond motifs is 1. The molecule has 3 N–H and O–H groups in total. The molecular formula is C22H22ClN5O3S. The van der Waals surface area contributed by atoms with Crippen LogP contribution in [0.1, 0.15) is 24.1 Å². The molecule has 8 nitrogen and oxygen atoms in total. The summed E-state index contributed by atoms with van der Waals surface area (Å²) in [5.74, 6) is 1.72. The summed E-state index contributed by atoms with van der Waals surface area (Å²) in [6.07, 6.45) is 0. The number of hydrogen-bond donors (Lipinski definition) is 2. The van der Waals surface area contributed by atoms with Gasteiger partial charge in [-0.15, -0.1) is 5.10 Å². The number of carbonyl (C=O) groups is 1. The first kappa shape index (κ1) is 22.0. The van der Waals surface area contributed by atoms with Gasteiger partial charge in [0, 0.05) is 16.5 Å². The van der Waals surface area contributed by atoms with Crippen molar-refractivity contribution in [3.8, 4) is 11.5 Å². The standard InChI is InChI=1S/C22H22ClN5O3S/c1-12-18(20(24)29)19(13-8-9-16(30-2)17(10-13)31-3)28-21(25-12)26-22(27-28)32-11-14-6-4-5-7-15(14)23/h4-10,19H,11H2,1-3H3,(H2,24,29)(H,25,26,27)/t19-/m0/s1. The average Bonchev–Trinajstić information content (AvgIpc) is 3.19. The summed E-state index contributed by atoms with van der Waals surface area (Å²) in [5.41, 5.74) is 8.54. The molecule has 2 heterocycles. The summed E-state index contributed by atoms with van der Waals surface area (Å²) < 4.78 is 12.5. The van der Waals surface area contributed by atoms with Crippen LogP contribution in [0.15, 0.2) is 58.9 Å². The molecule has 0 aliphatic carbocycles. The molecule has 4 rings (SSSR count). The lowest BCUT2D eigenvalue weighted by Crippen LogP contribution is -2.31. The van der Waals surface area contributed by atoms with E-state index in [1.807, 2.05) is 36.4 Å². The molecule has 1 amide bonds. The molecule has 32 heavy (non-hydrogen) atoms. The second-order valence-electron chi connectivity index (χ2n) is 7.09. The van der Waals surface area contributed by atoms with Gasteiger partial charge in [-0.2, -0.15) is 4.98 Å². The zero-order valence-corrected chi connectivity index (χ0v) is 19.3. The van der Waals surface area contributed by atoms with E-state index in [0.717, 1.165) is 11.1 Å². The van der Waals surface area contributed by atoms with Crippen LogP contribution in [-0.2, 0) is 10.5 Å². The number of ether oxygens (including phenoxy) is 2. The summed E-state index contributed by atoms with van der Waals surface area (Å²) in [7, 11) is 3.13. The Balaban J connectivity index is 1.73. The van der Waals surface area contributed by atoms with Gasteiger partial charge in [0.05, 0.1) is 19.8 Å². The van der Waals surface area contributed by atoms with Crippen molar-refractivity contribution >= 4 is 35.2 Å². The van der Waals surface area contributed by atoms with Crippen molar-refractivity contribution in [2.24, 2.45) is 5.73 Å². The molecule has 0 fully saturated rings. The van der Waals surface area contributed by atoms with E-state index in [1.54, 1.807) is 31.9 Å².